The first-order valence-electron chi connectivity index (χ1n) is 8.60. The van der Waals surface area contributed by atoms with Crippen LogP contribution in [0.2, 0.25) is 0 Å². The van der Waals surface area contributed by atoms with Crippen LogP contribution >= 0.6 is 11.3 Å². The molecule has 7 nitrogen and oxygen atoms in total. The maximum absolute atomic E-state index is 13.9. The van der Waals surface area contributed by atoms with Gasteiger partial charge in [-0.15, -0.1) is 11.3 Å². The lowest BCUT2D eigenvalue weighted by Crippen LogP contribution is -2.50. The van der Waals surface area contributed by atoms with Crippen molar-refractivity contribution in [2.45, 2.75) is 4.90 Å². The molecule has 2 aromatic heterocycles. The highest BCUT2D eigenvalue weighted by molar-refractivity contribution is 7.89. The van der Waals surface area contributed by atoms with Gasteiger partial charge in [0, 0.05) is 26.2 Å². The molecular formula is C18H17FN4O3S2. The molecule has 1 fully saturated rings. The Hall–Kier alpha value is -2.56. The number of thiophene rings is 1. The lowest BCUT2D eigenvalue weighted by molar-refractivity contribution is 0.0691. The minimum absolute atomic E-state index is 0.102. The molecule has 0 bridgehead atoms. The Morgan fingerprint density at radius 3 is 2.54 bits per heavy atom. The summed E-state index contributed by atoms with van der Waals surface area (Å²) in [5.74, 6) is -1.04. The van der Waals surface area contributed by atoms with Crippen molar-refractivity contribution in [1.29, 1.82) is 0 Å². The number of H-pyrrole nitrogens is 1. The van der Waals surface area contributed by atoms with Gasteiger partial charge in [-0.3, -0.25) is 9.89 Å². The Morgan fingerprint density at radius 2 is 1.86 bits per heavy atom. The molecular weight excluding hydrogens is 403 g/mol. The van der Waals surface area contributed by atoms with Gasteiger partial charge in [-0.1, -0.05) is 18.2 Å². The Kier molecular flexibility index (Phi) is 5.00. The minimum Gasteiger partial charge on any atom is -0.335 e. The second-order valence-electron chi connectivity index (χ2n) is 6.27. The highest BCUT2D eigenvalue weighted by atomic mass is 32.2. The summed E-state index contributed by atoms with van der Waals surface area (Å²) in [5.41, 5.74) is 1.05. The molecule has 10 heteroatoms. The van der Waals surface area contributed by atoms with E-state index in [-0.39, 0.29) is 42.7 Å². The van der Waals surface area contributed by atoms with Gasteiger partial charge in [0.15, 0.2) is 5.69 Å². The highest BCUT2D eigenvalue weighted by Crippen LogP contribution is 2.24. The fourth-order valence-corrected chi connectivity index (χ4v) is 5.26. The minimum atomic E-state index is -3.93. The third kappa shape index (κ3) is 3.46. The number of rotatable bonds is 4. The van der Waals surface area contributed by atoms with Crippen LogP contribution in [-0.2, 0) is 10.0 Å². The summed E-state index contributed by atoms with van der Waals surface area (Å²) in [4.78, 5) is 14.9. The molecule has 0 aliphatic carbocycles. The van der Waals surface area contributed by atoms with Gasteiger partial charge in [0.2, 0.25) is 10.0 Å². The van der Waals surface area contributed by atoms with Crippen molar-refractivity contribution in [3.05, 3.63) is 59.4 Å². The topological polar surface area (TPSA) is 86.4 Å². The Balaban J connectivity index is 1.44. The number of benzene rings is 1. The van der Waals surface area contributed by atoms with E-state index in [1.807, 2.05) is 17.5 Å². The van der Waals surface area contributed by atoms with E-state index in [2.05, 4.69) is 10.2 Å². The molecule has 0 radical (unpaired) electrons. The van der Waals surface area contributed by atoms with Crippen molar-refractivity contribution in [1.82, 2.24) is 19.4 Å². The van der Waals surface area contributed by atoms with Crippen LogP contribution in [0.1, 0.15) is 10.5 Å². The molecule has 3 heterocycles. The van der Waals surface area contributed by atoms with E-state index in [0.717, 1.165) is 16.6 Å². The monoisotopic (exact) mass is 420 g/mol. The number of carbonyl (C=O) groups is 1. The van der Waals surface area contributed by atoms with E-state index in [9.17, 15) is 17.6 Å². The zero-order chi connectivity index (χ0) is 19.7. The number of amides is 1. The number of aromatic amines is 1. The van der Waals surface area contributed by atoms with Crippen LogP contribution in [0.4, 0.5) is 4.39 Å². The fraction of sp³-hybridized carbons (Fsp3) is 0.222. The number of carbonyl (C=O) groups excluding carboxylic acids is 1. The fourth-order valence-electron chi connectivity index (χ4n) is 3.08. The van der Waals surface area contributed by atoms with Gasteiger partial charge in [0.1, 0.15) is 10.7 Å². The molecule has 3 aromatic rings. The lowest BCUT2D eigenvalue weighted by Gasteiger charge is -2.33. The second-order valence-corrected chi connectivity index (χ2v) is 9.12. The molecule has 1 aliphatic heterocycles. The summed E-state index contributed by atoms with van der Waals surface area (Å²) in [5, 5.41) is 8.87. The zero-order valence-electron chi connectivity index (χ0n) is 14.7. The van der Waals surface area contributed by atoms with Gasteiger partial charge in [-0.2, -0.15) is 9.40 Å². The van der Waals surface area contributed by atoms with E-state index in [1.54, 1.807) is 11.0 Å². The predicted octanol–water partition coefficient (Wildman–Crippen LogP) is 2.42. The normalized spacial score (nSPS) is 15.7. The van der Waals surface area contributed by atoms with Crippen molar-refractivity contribution in [2.75, 3.05) is 26.2 Å². The largest absolute Gasteiger partial charge is 0.335 e. The number of nitrogens with one attached hydrogen (secondary N) is 1. The van der Waals surface area contributed by atoms with Crippen LogP contribution in [-0.4, -0.2) is 59.9 Å². The van der Waals surface area contributed by atoms with Gasteiger partial charge < -0.3 is 4.90 Å². The molecule has 146 valence electrons. The second kappa shape index (κ2) is 7.46. The van der Waals surface area contributed by atoms with E-state index < -0.39 is 15.8 Å². The average Bonchev–Trinajstić information content (AvgIpc) is 3.39. The van der Waals surface area contributed by atoms with Crippen molar-refractivity contribution in [3.8, 4) is 10.6 Å². The summed E-state index contributed by atoms with van der Waals surface area (Å²) in [6.45, 7) is 0.636. The number of hydrogen-bond acceptors (Lipinski definition) is 5. The van der Waals surface area contributed by atoms with Crippen LogP contribution in [0.15, 0.2) is 52.7 Å². The van der Waals surface area contributed by atoms with Crippen LogP contribution in [0.3, 0.4) is 0 Å². The Morgan fingerprint density at radius 1 is 1.11 bits per heavy atom. The standard InChI is InChI=1S/C18H17FN4O3S2/c19-13-4-1-2-6-17(13)28(25,26)23-9-7-22(8-10-23)18(24)15-12-14(20-21-15)16-5-3-11-27-16/h1-6,11-12H,7-10H2,(H,20,21). The molecule has 0 unspecified atom stereocenters. The van der Waals surface area contributed by atoms with Crippen molar-refractivity contribution < 1.29 is 17.6 Å². The number of sulfonamides is 1. The summed E-state index contributed by atoms with van der Waals surface area (Å²) in [7, 11) is -3.93. The van der Waals surface area contributed by atoms with Gasteiger partial charge in [-0.25, -0.2) is 12.8 Å². The van der Waals surface area contributed by atoms with E-state index in [4.69, 9.17) is 0 Å². The molecule has 1 amide bonds. The van der Waals surface area contributed by atoms with Crippen LogP contribution in [0.5, 0.6) is 0 Å². The SMILES string of the molecule is O=C(c1cc(-c2cccs2)[nH]n1)N1CCN(S(=O)(=O)c2ccccc2F)CC1. The maximum atomic E-state index is 13.9. The molecule has 1 aliphatic rings. The molecule has 4 rings (SSSR count). The van der Waals surface area contributed by atoms with Gasteiger partial charge in [0.25, 0.3) is 5.91 Å². The summed E-state index contributed by atoms with van der Waals surface area (Å²) < 4.78 is 40.4. The number of piperazine rings is 1. The third-order valence-corrected chi connectivity index (χ3v) is 7.40. The van der Waals surface area contributed by atoms with Crippen molar-refractivity contribution in [3.63, 3.8) is 0 Å². The van der Waals surface area contributed by atoms with Gasteiger partial charge >= 0.3 is 0 Å². The number of nitrogens with zero attached hydrogens (tertiary/aromatic N) is 3. The van der Waals surface area contributed by atoms with Crippen LogP contribution < -0.4 is 0 Å². The first-order chi connectivity index (χ1) is 13.5. The number of halogens is 1. The third-order valence-electron chi connectivity index (χ3n) is 4.56. The van der Waals surface area contributed by atoms with E-state index in [0.29, 0.717) is 0 Å². The smallest absolute Gasteiger partial charge is 0.274 e. The molecule has 1 N–H and O–H groups in total. The van der Waals surface area contributed by atoms with Crippen LogP contribution in [0, 0.1) is 5.82 Å². The molecule has 1 saturated heterocycles. The number of hydrogen-bond donors (Lipinski definition) is 1. The van der Waals surface area contributed by atoms with Gasteiger partial charge in [-0.05, 0) is 29.6 Å². The first kappa shape index (κ1) is 18.8. The van der Waals surface area contributed by atoms with Crippen molar-refractivity contribution >= 4 is 27.3 Å². The lowest BCUT2D eigenvalue weighted by atomic mass is 10.2. The Bertz CT molecular complexity index is 1090. The summed E-state index contributed by atoms with van der Waals surface area (Å²) >= 11 is 1.54. The van der Waals surface area contributed by atoms with E-state index in [1.165, 1.54) is 33.8 Å². The molecule has 1 aromatic carbocycles. The molecule has 0 atom stereocenters. The Labute approximate surface area is 165 Å². The first-order valence-corrected chi connectivity index (χ1v) is 10.9. The maximum Gasteiger partial charge on any atom is 0.274 e. The molecule has 28 heavy (non-hydrogen) atoms. The summed E-state index contributed by atoms with van der Waals surface area (Å²) in [6.07, 6.45) is 0. The van der Waals surface area contributed by atoms with Gasteiger partial charge in [0.05, 0.1) is 10.6 Å². The van der Waals surface area contributed by atoms with E-state index >= 15 is 0 Å². The highest BCUT2D eigenvalue weighted by Gasteiger charge is 2.32. The molecule has 0 spiro atoms. The quantitative estimate of drug-likeness (QED) is 0.702. The van der Waals surface area contributed by atoms with Crippen LogP contribution in [0.25, 0.3) is 10.6 Å². The molecule has 0 saturated carbocycles. The summed E-state index contributed by atoms with van der Waals surface area (Å²) in [6, 6.07) is 10.8. The number of aromatic nitrogens is 2. The zero-order valence-corrected chi connectivity index (χ0v) is 16.3. The predicted molar refractivity (Wildman–Crippen MR) is 103 cm³/mol. The average molecular weight is 420 g/mol. The van der Waals surface area contributed by atoms with Crippen molar-refractivity contribution in [2.24, 2.45) is 0 Å².